The van der Waals surface area contributed by atoms with Crippen LogP contribution in [0.1, 0.15) is 29.8 Å². The van der Waals surface area contributed by atoms with Gasteiger partial charge in [-0.15, -0.1) is 0 Å². The molecule has 1 amide bonds. The number of thiocarbonyl (C=S) groups is 1. The fourth-order valence-corrected chi connectivity index (χ4v) is 3.54. The zero-order valence-corrected chi connectivity index (χ0v) is 19.9. The van der Waals surface area contributed by atoms with Crippen LogP contribution in [0.3, 0.4) is 0 Å². The lowest BCUT2D eigenvalue weighted by molar-refractivity contribution is 0.0977. The zero-order valence-electron chi connectivity index (χ0n) is 19.1. The first-order chi connectivity index (χ1) is 16.3. The molecule has 4 rings (SSSR count). The molecule has 3 N–H and O–H groups in total. The number of aromatic hydroxyl groups is 1. The van der Waals surface area contributed by atoms with Crippen LogP contribution in [-0.2, 0) is 0 Å². The van der Waals surface area contributed by atoms with Gasteiger partial charge in [0.2, 0.25) is 5.89 Å². The van der Waals surface area contributed by atoms with E-state index in [4.69, 9.17) is 21.4 Å². The first-order valence-corrected chi connectivity index (χ1v) is 11.3. The predicted molar refractivity (Wildman–Crippen MR) is 136 cm³/mol. The van der Waals surface area contributed by atoms with Gasteiger partial charge in [0.15, 0.2) is 10.7 Å². The third kappa shape index (κ3) is 5.35. The van der Waals surface area contributed by atoms with E-state index in [1.165, 1.54) is 0 Å². The molecule has 0 radical (unpaired) electrons. The number of carbonyl (C=O) groups excluding carboxylic acids is 1. The normalized spacial score (nSPS) is 10.9. The Balaban J connectivity index is 1.49. The van der Waals surface area contributed by atoms with Crippen LogP contribution in [0, 0.1) is 12.8 Å². The van der Waals surface area contributed by atoms with Crippen LogP contribution in [0.15, 0.2) is 65.1 Å². The van der Waals surface area contributed by atoms with E-state index in [-0.39, 0.29) is 16.8 Å². The molecular formula is C26H25N3O4S. The number of phenols is 1. The van der Waals surface area contributed by atoms with E-state index in [0.717, 1.165) is 0 Å². The molecule has 0 saturated heterocycles. The molecule has 7 nitrogen and oxygen atoms in total. The molecular weight excluding hydrogens is 450 g/mol. The van der Waals surface area contributed by atoms with Crippen LogP contribution < -0.4 is 15.4 Å². The molecule has 34 heavy (non-hydrogen) atoms. The van der Waals surface area contributed by atoms with Crippen LogP contribution in [0.25, 0.3) is 22.6 Å². The monoisotopic (exact) mass is 475 g/mol. The molecule has 0 aliphatic heterocycles. The Morgan fingerprint density at radius 1 is 1.15 bits per heavy atom. The number of phenolic OH excluding ortho intramolecular Hbond substituents is 1. The lowest BCUT2D eigenvalue weighted by Crippen LogP contribution is -2.34. The summed E-state index contributed by atoms with van der Waals surface area (Å²) >= 11 is 5.34. The van der Waals surface area contributed by atoms with Gasteiger partial charge in [0.05, 0.1) is 12.2 Å². The highest BCUT2D eigenvalue weighted by Gasteiger charge is 2.16. The van der Waals surface area contributed by atoms with Crippen LogP contribution in [0.5, 0.6) is 11.5 Å². The first kappa shape index (κ1) is 23.3. The van der Waals surface area contributed by atoms with Gasteiger partial charge in [-0.05, 0) is 73.1 Å². The summed E-state index contributed by atoms with van der Waals surface area (Å²) in [5.41, 5.74) is 3.34. The highest BCUT2D eigenvalue weighted by atomic mass is 32.1. The van der Waals surface area contributed by atoms with Gasteiger partial charge < -0.3 is 19.6 Å². The number of hydrogen-bond acceptors (Lipinski definition) is 6. The standard InChI is InChI=1S/C26H25N3O4S/c1-15(2)14-32-19-8-6-7-17(12-19)24(31)29-26(34)27-18-11-16(3)23(30)20(13-18)25-28-21-9-4-5-10-22(21)33-25/h4-13,15,30H,14H2,1-3H3,(H2,27,29,31,34). The van der Waals surface area contributed by atoms with Crippen LogP contribution >= 0.6 is 12.2 Å². The van der Waals surface area contributed by atoms with Crippen LogP contribution in [0.2, 0.25) is 0 Å². The molecule has 0 spiro atoms. The van der Waals surface area contributed by atoms with Crippen molar-refractivity contribution in [2.24, 2.45) is 5.92 Å². The minimum atomic E-state index is -0.359. The fourth-order valence-electron chi connectivity index (χ4n) is 3.33. The zero-order chi connectivity index (χ0) is 24.2. The van der Waals surface area contributed by atoms with E-state index in [1.54, 1.807) is 37.3 Å². The number of anilines is 1. The Morgan fingerprint density at radius 2 is 1.94 bits per heavy atom. The van der Waals surface area contributed by atoms with Crippen molar-refractivity contribution in [3.8, 4) is 23.0 Å². The Kier molecular flexibility index (Phi) is 6.79. The Bertz CT molecular complexity index is 1330. The number of aryl methyl sites for hydroxylation is 1. The first-order valence-electron chi connectivity index (χ1n) is 10.8. The predicted octanol–water partition coefficient (Wildman–Crippen LogP) is 5.67. The van der Waals surface area contributed by atoms with Crippen molar-refractivity contribution in [3.63, 3.8) is 0 Å². The average molecular weight is 476 g/mol. The Labute approximate surface area is 202 Å². The number of carbonyl (C=O) groups is 1. The van der Waals surface area contributed by atoms with Gasteiger partial charge in [-0.3, -0.25) is 10.1 Å². The van der Waals surface area contributed by atoms with Gasteiger partial charge >= 0.3 is 0 Å². The quantitative estimate of drug-likeness (QED) is 0.244. The largest absolute Gasteiger partial charge is 0.507 e. The number of para-hydroxylation sites is 2. The van der Waals surface area contributed by atoms with Crippen molar-refractivity contribution in [2.45, 2.75) is 20.8 Å². The summed E-state index contributed by atoms with van der Waals surface area (Å²) in [5.74, 6) is 0.992. The summed E-state index contributed by atoms with van der Waals surface area (Å²) in [4.78, 5) is 17.1. The SMILES string of the molecule is Cc1cc(NC(=S)NC(=O)c2cccc(OCC(C)C)c2)cc(-c2nc3ccccc3o2)c1O. The van der Waals surface area contributed by atoms with Crippen LogP contribution in [-0.4, -0.2) is 27.7 Å². The van der Waals surface area contributed by atoms with E-state index >= 15 is 0 Å². The molecule has 0 saturated carbocycles. The summed E-state index contributed by atoms with van der Waals surface area (Å²) < 4.78 is 11.5. The number of ether oxygens (including phenoxy) is 1. The number of fused-ring (bicyclic) bond motifs is 1. The maximum atomic E-state index is 12.7. The molecule has 0 unspecified atom stereocenters. The third-order valence-corrected chi connectivity index (χ3v) is 5.19. The van der Waals surface area contributed by atoms with Gasteiger partial charge in [-0.1, -0.05) is 32.0 Å². The van der Waals surface area contributed by atoms with Gasteiger partial charge in [0, 0.05) is 11.3 Å². The second-order valence-corrected chi connectivity index (χ2v) is 8.73. The Morgan fingerprint density at radius 3 is 2.71 bits per heavy atom. The minimum Gasteiger partial charge on any atom is -0.507 e. The van der Waals surface area contributed by atoms with Crippen molar-refractivity contribution >= 4 is 40.0 Å². The molecule has 0 fully saturated rings. The molecule has 0 bridgehead atoms. The molecule has 1 heterocycles. The van der Waals surface area contributed by atoms with E-state index in [2.05, 4.69) is 29.5 Å². The van der Waals surface area contributed by atoms with Gasteiger partial charge in [0.25, 0.3) is 5.91 Å². The van der Waals surface area contributed by atoms with Crippen LogP contribution in [0.4, 0.5) is 5.69 Å². The number of amides is 1. The van der Waals surface area contributed by atoms with Crippen molar-refractivity contribution in [3.05, 3.63) is 71.8 Å². The summed E-state index contributed by atoms with van der Waals surface area (Å²) in [6.07, 6.45) is 0. The summed E-state index contributed by atoms with van der Waals surface area (Å²) in [6, 6.07) is 17.7. The maximum Gasteiger partial charge on any atom is 0.257 e. The van der Waals surface area contributed by atoms with E-state index in [0.29, 0.717) is 57.6 Å². The summed E-state index contributed by atoms with van der Waals surface area (Å²) in [7, 11) is 0. The molecule has 174 valence electrons. The number of rotatable bonds is 6. The fraction of sp³-hybridized carbons (Fsp3) is 0.192. The molecule has 1 aromatic heterocycles. The van der Waals surface area contributed by atoms with Gasteiger partial charge in [0.1, 0.15) is 17.0 Å². The third-order valence-electron chi connectivity index (χ3n) is 4.99. The summed E-state index contributed by atoms with van der Waals surface area (Å²) in [5, 5.41) is 16.4. The van der Waals surface area contributed by atoms with Crippen molar-refractivity contribution < 1.29 is 19.1 Å². The number of oxazole rings is 1. The molecule has 8 heteroatoms. The highest BCUT2D eigenvalue weighted by molar-refractivity contribution is 7.80. The maximum absolute atomic E-state index is 12.7. The van der Waals surface area contributed by atoms with Gasteiger partial charge in [-0.2, -0.15) is 0 Å². The number of nitrogens with zero attached hydrogens (tertiary/aromatic N) is 1. The average Bonchev–Trinajstić information content (AvgIpc) is 3.24. The topological polar surface area (TPSA) is 96.6 Å². The van der Waals surface area contributed by atoms with Crippen molar-refractivity contribution in [2.75, 3.05) is 11.9 Å². The number of benzene rings is 3. The second-order valence-electron chi connectivity index (χ2n) is 8.32. The highest BCUT2D eigenvalue weighted by Crippen LogP contribution is 2.36. The lowest BCUT2D eigenvalue weighted by atomic mass is 10.1. The minimum absolute atomic E-state index is 0.0604. The smallest absolute Gasteiger partial charge is 0.257 e. The molecule has 4 aromatic rings. The van der Waals surface area contributed by atoms with Crippen molar-refractivity contribution in [1.82, 2.24) is 10.3 Å². The van der Waals surface area contributed by atoms with E-state index < -0.39 is 0 Å². The van der Waals surface area contributed by atoms with E-state index in [1.807, 2.05) is 30.3 Å². The van der Waals surface area contributed by atoms with Gasteiger partial charge in [-0.25, -0.2) is 4.98 Å². The molecule has 0 aliphatic rings. The molecule has 0 atom stereocenters. The second kappa shape index (κ2) is 9.93. The number of aromatic nitrogens is 1. The molecule has 0 aliphatic carbocycles. The summed E-state index contributed by atoms with van der Waals surface area (Å²) in [6.45, 7) is 6.44. The number of hydrogen-bond donors (Lipinski definition) is 3. The molecule has 3 aromatic carbocycles. The van der Waals surface area contributed by atoms with Crippen molar-refractivity contribution in [1.29, 1.82) is 0 Å². The lowest BCUT2D eigenvalue weighted by Gasteiger charge is -2.13. The number of nitrogens with one attached hydrogen (secondary N) is 2. The Hall–Kier alpha value is -3.91. The van der Waals surface area contributed by atoms with E-state index in [9.17, 15) is 9.90 Å².